The number of hydrogen-bond donors (Lipinski definition) is 1. The van der Waals surface area contributed by atoms with Gasteiger partial charge in [-0.05, 0) is 30.7 Å². The van der Waals surface area contributed by atoms with E-state index in [4.69, 9.17) is 21.1 Å². The SMILES string of the molecule is COCCOCCCNCc1ccc(Br)cc1Cl. The van der Waals surface area contributed by atoms with Crippen molar-refractivity contribution in [2.45, 2.75) is 13.0 Å². The van der Waals surface area contributed by atoms with Gasteiger partial charge in [0.05, 0.1) is 13.2 Å². The number of nitrogens with one attached hydrogen (secondary N) is 1. The Morgan fingerprint density at radius 2 is 2.11 bits per heavy atom. The third-order valence-corrected chi connectivity index (χ3v) is 3.25. The summed E-state index contributed by atoms with van der Waals surface area (Å²) in [4.78, 5) is 0. The Balaban J connectivity index is 2.07. The standard InChI is InChI=1S/C13H19BrClNO2/c1-17-7-8-18-6-2-5-16-10-11-3-4-12(14)9-13(11)15/h3-4,9,16H,2,5-8,10H2,1H3. The first kappa shape index (κ1) is 15.9. The summed E-state index contributed by atoms with van der Waals surface area (Å²) in [6.45, 7) is 3.77. The van der Waals surface area contributed by atoms with Crippen LogP contribution in [0.25, 0.3) is 0 Å². The van der Waals surface area contributed by atoms with Crippen LogP contribution in [-0.4, -0.2) is 33.5 Å². The third-order valence-electron chi connectivity index (χ3n) is 2.40. The van der Waals surface area contributed by atoms with Gasteiger partial charge < -0.3 is 14.8 Å². The lowest BCUT2D eigenvalue weighted by Crippen LogP contribution is -2.17. The summed E-state index contributed by atoms with van der Waals surface area (Å²) in [6.07, 6.45) is 0.984. The first-order valence-corrected chi connectivity index (χ1v) is 7.12. The van der Waals surface area contributed by atoms with E-state index in [2.05, 4.69) is 21.2 Å². The van der Waals surface area contributed by atoms with Crippen molar-refractivity contribution in [1.29, 1.82) is 0 Å². The van der Waals surface area contributed by atoms with E-state index in [9.17, 15) is 0 Å². The maximum atomic E-state index is 6.12. The van der Waals surface area contributed by atoms with Gasteiger partial charge in [0, 0.05) is 29.8 Å². The topological polar surface area (TPSA) is 30.5 Å². The maximum Gasteiger partial charge on any atom is 0.0700 e. The zero-order valence-electron chi connectivity index (χ0n) is 10.5. The van der Waals surface area contributed by atoms with Crippen molar-refractivity contribution in [2.24, 2.45) is 0 Å². The molecular weight excluding hydrogens is 318 g/mol. The van der Waals surface area contributed by atoms with Gasteiger partial charge in [0.2, 0.25) is 0 Å². The van der Waals surface area contributed by atoms with Gasteiger partial charge >= 0.3 is 0 Å². The molecule has 0 unspecified atom stereocenters. The third kappa shape index (κ3) is 6.71. The van der Waals surface area contributed by atoms with Crippen LogP contribution in [-0.2, 0) is 16.0 Å². The van der Waals surface area contributed by atoms with E-state index in [1.807, 2.05) is 18.2 Å². The van der Waals surface area contributed by atoms with Crippen LogP contribution in [0.3, 0.4) is 0 Å². The molecule has 0 aliphatic carbocycles. The lowest BCUT2D eigenvalue weighted by atomic mass is 10.2. The van der Waals surface area contributed by atoms with Crippen LogP contribution < -0.4 is 5.32 Å². The minimum Gasteiger partial charge on any atom is -0.382 e. The Bertz CT molecular complexity index is 350. The highest BCUT2D eigenvalue weighted by Gasteiger charge is 2.00. The molecule has 1 N–H and O–H groups in total. The minimum atomic E-state index is 0.655. The molecule has 0 heterocycles. The Labute approximate surface area is 122 Å². The maximum absolute atomic E-state index is 6.12. The normalized spacial score (nSPS) is 10.8. The van der Waals surface area contributed by atoms with Crippen LogP contribution in [0.1, 0.15) is 12.0 Å². The van der Waals surface area contributed by atoms with Crippen LogP contribution in [0, 0.1) is 0 Å². The van der Waals surface area contributed by atoms with Crippen molar-refractivity contribution >= 4 is 27.5 Å². The molecule has 0 spiro atoms. The molecular formula is C13H19BrClNO2. The summed E-state index contributed by atoms with van der Waals surface area (Å²) in [7, 11) is 1.67. The van der Waals surface area contributed by atoms with E-state index >= 15 is 0 Å². The van der Waals surface area contributed by atoms with Gasteiger partial charge in [-0.1, -0.05) is 33.6 Å². The van der Waals surface area contributed by atoms with Gasteiger partial charge in [-0.2, -0.15) is 0 Å². The molecule has 1 rings (SSSR count). The lowest BCUT2D eigenvalue weighted by Gasteiger charge is -2.07. The summed E-state index contributed by atoms with van der Waals surface area (Å²) in [5.74, 6) is 0. The predicted molar refractivity (Wildman–Crippen MR) is 78.2 cm³/mol. The predicted octanol–water partition coefficient (Wildman–Crippen LogP) is 3.25. The zero-order chi connectivity index (χ0) is 13.2. The second kappa shape index (κ2) is 9.75. The van der Waals surface area contributed by atoms with Crippen LogP contribution in [0.4, 0.5) is 0 Å². The number of rotatable bonds is 9. The molecule has 102 valence electrons. The largest absolute Gasteiger partial charge is 0.382 e. The molecule has 0 atom stereocenters. The van der Waals surface area contributed by atoms with Crippen LogP contribution >= 0.6 is 27.5 Å². The Morgan fingerprint density at radius 1 is 1.28 bits per heavy atom. The van der Waals surface area contributed by atoms with Crippen LogP contribution in [0.15, 0.2) is 22.7 Å². The Kier molecular flexibility index (Phi) is 8.63. The molecule has 0 aliphatic heterocycles. The van der Waals surface area contributed by atoms with E-state index in [-0.39, 0.29) is 0 Å². The molecule has 0 saturated carbocycles. The molecule has 5 heteroatoms. The second-order valence-electron chi connectivity index (χ2n) is 3.87. The van der Waals surface area contributed by atoms with E-state index < -0.39 is 0 Å². The Morgan fingerprint density at radius 3 is 2.83 bits per heavy atom. The average molecular weight is 337 g/mol. The fourth-order valence-electron chi connectivity index (χ4n) is 1.43. The first-order valence-electron chi connectivity index (χ1n) is 5.95. The molecule has 0 saturated heterocycles. The number of ether oxygens (including phenoxy) is 2. The quantitative estimate of drug-likeness (QED) is 0.702. The summed E-state index contributed by atoms with van der Waals surface area (Å²) in [5.41, 5.74) is 1.11. The molecule has 3 nitrogen and oxygen atoms in total. The fourth-order valence-corrected chi connectivity index (χ4v) is 2.17. The fraction of sp³-hybridized carbons (Fsp3) is 0.538. The van der Waals surface area contributed by atoms with Crippen molar-refractivity contribution in [1.82, 2.24) is 5.32 Å². The second-order valence-corrected chi connectivity index (χ2v) is 5.19. The molecule has 1 aromatic carbocycles. The first-order chi connectivity index (χ1) is 8.74. The smallest absolute Gasteiger partial charge is 0.0700 e. The molecule has 0 aliphatic rings. The van der Waals surface area contributed by atoms with Gasteiger partial charge in [-0.25, -0.2) is 0 Å². The van der Waals surface area contributed by atoms with Crippen molar-refractivity contribution in [3.63, 3.8) is 0 Å². The van der Waals surface area contributed by atoms with Crippen LogP contribution in [0.2, 0.25) is 5.02 Å². The molecule has 18 heavy (non-hydrogen) atoms. The zero-order valence-corrected chi connectivity index (χ0v) is 12.9. The van der Waals surface area contributed by atoms with Gasteiger partial charge in [-0.15, -0.1) is 0 Å². The van der Waals surface area contributed by atoms with Gasteiger partial charge in [-0.3, -0.25) is 0 Å². The lowest BCUT2D eigenvalue weighted by molar-refractivity contribution is 0.0695. The number of hydrogen-bond acceptors (Lipinski definition) is 3. The molecule has 0 fully saturated rings. The number of methoxy groups -OCH3 is 1. The van der Waals surface area contributed by atoms with Gasteiger partial charge in [0.15, 0.2) is 0 Å². The van der Waals surface area contributed by atoms with E-state index in [1.165, 1.54) is 0 Å². The number of halogens is 2. The summed E-state index contributed by atoms with van der Waals surface area (Å²) in [5, 5.41) is 4.13. The monoisotopic (exact) mass is 335 g/mol. The molecule has 0 bridgehead atoms. The van der Waals surface area contributed by atoms with Crippen molar-refractivity contribution < 1.29 is 9.47 Å². The van der Waals surface area contributed by atoms with Crippen molar-refractivity contribution in [2.75, 3.05) is 33.5 Å². The van der Waals surface area contributed by atoms with Crippen molar-refractivity contribution in [3.05, 3.63) is 33.3 Å². The molecule has 0 radical (unpaired) electrons. The minimum absolute atomic E-state index is 0.655. The molecule has 0 amide bonds. The average Bonchev–Trinajstić information content (AvgIpc) is 2.35. The summed E-state index contributed by atoms with van der Waals surface area (Å²) >= 11 is 9.51. The van der Waals surface area contributed by atoms with E-state index in [1.54, 1.807) is 7.11 Å². The number of benzene rings is 1. The highest BCUT2D eigenvalue weighted by Crippen LogP contribution is 2.20. The van der Waals surface area contributed by atoms with Gasteiger partial charge in [0.1, 0.15) is 0 Å². The van der Waals surface area contributed by atoms with Gasteiger partial charge in [0.25, 0.3) is 0 Å². The van der Waals surface area contributed by atoms with E-state index in [0.29, 0.717) is 13.2 Å². The van der Waals surface area contributed by atoms with E-state index in [0.717, 1.165) is 41.2 Å². The van der Waals surface area contributed by atoms with Crippen LogP contribution in [0.5, 0.6) is 0 Å². The Hall–Kier alpha value is -0.130. The highest BCUT2D eigenvalue weighted by atomic mass is 79.9. The molecule has 0 aromatic heterocycles. The molecule has 1 aromatic rings. The van der Waals surface area contributed by atoms with Crippen molar-refractivity contribution in [3.8, 4) is 0 Å². The highest BCUT2D eigenvalue weighted by molar-refractivity contribution is 9.10. The summed E-state index contributed by atoms with van der Waals surface area (Å²) < 4.78 is 11.3. The summed E-state index contributed by atoms with van der Waals surface area (Å²) in [6, 6.07) is 5.93.